The molecule has 0 aliphatic rings. The second kappa shape index (κ2) is 8.05. The smallest absolute Gasteiger partial charge is 0.134 e. The summed E-state index contributed by atoms with van der Waals surface area (Å²) in [4.78, 5) is 0. The first-order chi connectivity index (χ1) is 8.31. The van der Waals surface area contributed by atoms with E-state index in [1.807, 2.05) is 17.8 Å². The van der Waals surface area contributed by atoms with Crippen molar-refractivity contribution in [2.75, 3.05) is 19.4 Å². The standard InChI is InChI=1S/C14H19NOS/c1-3-9-17-11-12-6-7-14(16-2)13(10-12)5-4-8-15/h6-7,10H,3,8-9,11,15H2,1-2H3. The Morgan fingerprint density at radius 1 is 1.41 bits per heavy atom. The van der Waals surface area contributed by atoms with Crippen molar-refractivity contribution in [3.8, 4) is 17.6 Å². The van der Waals surface area contributed by atoms with Gasteiger partial charge in [0.2, 0.25) is 0 Å². The molecule has 0 amide bonds. The van der Waals surface area contributed by atoms with Gasteiger partial charge in [0, 0.05) is 5.75 Å². The van der Waals surface area contributed by atoms with E-state index < -0.39 is 0 Å². The van der Waals surface area contributed by atoms with Crippen molar-refractivity contribution < 1.29 is 4.74 Å². The maximum atomic E-state index is 5.39. The van der Waals surface area contributed by atoms with E-state index in [2.05, 4.69) is 30.9 Å². The van der Waals surface area contributed by atoms with Gasteiger partial charge >= 0.3 is 0 Å². The molecule has 0 atom stereocenters. The molecule has 0 aromatic heterocycles. The van der Waals surface area contributed by atoms with E-state index in [1.165, 1.54) is 17.7 Å². The second-order valence-corrected chi connectivity index (χ2v) is 4.70. The zero-order chi connectivity index (χ0) is 12.5. The number of ether oxygens (including phenoxy) is 1. The minimum absolute atomic E-state index is 0.373. The first kappa shape index (κ1) is 14.0. The Labute approximate surface area is 108 Å². The highest BCUT2D eigenvalue weighted by Crippen LogP contribution is 2.21. The van der Waals surface area contributed by atoms with Gasteiger partial charge in [-0.2, -0.15) is 11.8 Å². The summed E-state index contributed by atoms with van der Waals surface area (Å²) < 4.78 is 5.27. The number of rotatable bonds is 5. The van der Waals surface area contributed by atoms with E-state index in [-0.39, 0.29) is 0 Å². The van der Waals surface area contributed by atoms with Gasteiger partial charge in [-0.1, -0.05) is 24.8 Å². The Morgan fingerprint density at radius 2 is 2.24 bits per heavy atom. The van der Waals surface area contributed by atoms with Gasteiger partial charge in [0.15, 0.2) is 0 Å². The lowest BCUT2D eigenvalue weighted by Gasteiger charge is -2.06. The first-order valence-electron chi connectivity index (χ1n) is 5.75. The number of nitrogens with two attached hydrogens (primary N) is 1. The van der Waals surface area contributed by atoms with Crippen molar-refractivity contribution >= 4 is 11.8 Å². The minimum Gasteiger partial charge on any atom is -0.495 e. The number of benzene rings is 1. The van der Waals surface area contributed by atoms with Crippen LogP contribution in [-0.2, 0) is 5.75 Å². The fourth-order valence-corrected chi connectivity index (χ4v) is 2.27. The van der Waals surface area contributed by atoms with Gasteiger partial charge in [-0.15, -0.1) is 0 Å². The molecule has 0 spiro atoms. The number of methoxy groups -OCH3 is 1. The molecule has 1 aromatic rings. The predicted octanol–water partition coefficient (Wildman–Crippen LogP) is 2.65. The van der Waals surface area contributed by atoms with Crippen LogP contribution in [0.1, 0.15) is 24.5 Å². The molecule has 0 bridgehead atoms. The van der Waals surface area contributed by atoms with Crippen molar-refractivity contribution in [3.05, 3.63) is 29.3 Å². The highest BCUT2D eigenvalue weighted by atomic mass is 32.2. The molecule has 0 radical (unpaired) electrons. The van der Waals surface area contributed by atoms with Crippen molar-refractivity contribution in [1.82, 2.24) is 0 Å². The van der Waals surface area contributed by atoms with Gasteiger partial charge in [-0.25, -0.2) is 0 Å². The molecule has 2 N–H and O–H groups in total. The topological polar surface area (TPSA) is 35.2 Å². The lowest BCUT2D eigenvalue weighted by Crippen LogP contribution is -1.95. The van der Waals surface area contributed by atoms with Gasteiger partial charge in [0.05, 0.1) is 19.2 Å². The van der Waals surface area contributed by atoms with Gasteiger partial charge in [-0.3, -0.25) is 0 Å². The maximum absolute atomic E-state index is 5.39. The summed E-state index contributed by atoms with van der Waals surface area (Å²) >= 11 is 1.94. The summed E-state index contributed by atoms with van der Waals surface area (Å²) in [6.07, 6.45) is 1.21. The van der Waals surface area contributed by atoms with Crippen LogP contribution in [0, 0.1) is 11.8 Å². The van der Waals surface area contributed by atoms with Crippen LogP contribution >= 0.6 is 11.8 Å². The molecule has 0 aliphatic carbocycles. The normalized spacial score (nSPS) is 9.59. The van der Waals surface area contributed by atoms with Gasteiger partial charge in [-0.05, 0) is 29.9 Å². The van der Waals surface area contributed by atoms with Crippen LogP contribution in [0.5, 0.6) is 5.75 Å². The van der Waals surface area contributed by atoms with Crippen LogP contribution in [0.4, 0.5) is 0 Å². The molecule has 0 saturated heterocycles. The van der Waals surface area contributed by atoms with Crippen molar-refractivity contribution in [3.63, 3.8) is 0 Å². The molecule has 1 aromatic carbocycles. The monoisotopic (exact) mass is 249 g/mol. The third-order valence-electron chi connectivity index (χ3n) is 2.21. The summed E-state index contributed by atoms with van der Waals surface area (Å²) in [6.45, 7) is 2.57. The van der Waals surface area contributed by atoms with Crippen LogP contribution in [0.2, 0.25) is 0 Å². The SMILES string of the molecule is CCCSCc1ccc(OC)c(C#CCN)c1. The summed E-state index contributed by atoms with van der Waals surface area (Å²) in [6, 6.07) is 6.15. The van der Waals surface area contributed by atoms with Gasteiger partial charge in [0.25, 0.3) is 0 Å². The number of thioether (sulfide) groups is 1. The van der Waals surface area contributed by atoms with Crippen LogP contribution in [0.15, 0.2) is 18.2 Å². The van der Waals surface area contributed by atoms with E-state index in [4.69, 9.17) is 10.5 Å². The first-order valence-corrected chi connectivity index (χ1v) is 6.90. The molecule has 1 rings (SSSR count). The van der Waals surface area contributed by atoms with Crippen LogP contribution in [-0.4, -0.2) is 19.4 Å². The minimum atomic E-state index is 0.373. The molecule has 2 nitrogen and oxygen atoms in total. The molecule has 0 heterocycles. The number of hydrogen-bond donors (Lipinski definition) is 1. The lowest BCUT2D eigenvalue weighted by atomic mass is 10.1. The largest absolute Gasteiger partial charge is 0.495 e. The van der Waals surface area contributed by atoms with Crippen molar-refractivity contribution in [1.29, 1.82) is 0 Å². The molecule has 0 unspecified atom stereocenters. The summed E-state index contributed by atoms with van der Waals surface area (Å²) in [7, 11) is 1.66. The summed E-state index contributed by atoms with van der Waals surface area (Å²) in [5, 5.41) is 0. The fraction of sp³-hybridized carbons (Fsp3) is 0.429. The quantitative estimate of drug-likeness (QED) is 0.643. The number of hydrogen-bond acceptors (Lipinski definition) is 3. The van der Waals surface area contributed by atoms with E-state index in [1.54, 1.807) is 7.11 Å². The average molecular weight is 249 g/mol. The molecule has 92 valence electrons. The Morgan fingerprint density at radius 3 is 2.88 bits per heavy atom. The Kier molecular flexibility index (Phi) is 6.61. The Balaban J connectivity index is 2.81. The molecule has 0 saturated carbocycles. The average Bonchev–Trinajstić information content (AvgIpc) is 2.37. The van der Waals surface area contributed by atoms with E-state index >= 15 is 0 Å². The molecule has 3 heteroatoms. The summed E-state index contributed by atoms with van der Waals surface area (Å²) in [5.41, 5.74) is 7.59. The highest BCUT2D eigenvalue weighted by Gasteiger charge is 2.02. The Bertz CT molecular complexity index is 406. The maximum Gasteiger partial charge on any atom is 0.134 e. The predicted molar refractivity (Wildman–Crippen MR) is 75.4 cm³/mol. The van der Waals surface area contributed by atoms with Crippen LogP contribution < -0.4 is 10.5 Å². The lowest BCUT2D eigenvalue weighted by molar-refractivity contribution is 0.413. The van der Waals surface area contributed by atoms with Gasteiger partial charge in [0.1, 0.15) is 5.75 Å². The van der Waals surface area contributed by atoms with Crippen LogP contribution in [0.3, 0.4) is 0 Å². The summed E-state index contributed by atoms with van der Waals surface area (Å²) in [5.74, 6) is 8.94. The molecule has 17 heavy (non-hydrogen) atoms. The molecular formula is C14H19NOS. The van der Waals surface area contributed by atoms with E-state index in [0.29, 0.717) is 6.54 Å². The molecular weight excluding hydrogens is 230 g/mol. The van der Waals surface area contributed by atoms with E-state index in [0.717, 1.165) is 17.1 Å². The zero-order valence-electron chi connectivity index (χ0n) is 10.5. The second-order valence-electron chi connectivity index (χ2n) is 3.59. The zero-order valence-corrected chi connectivity index (χ0v) is 11.3. The molecule has 0 fully saturated rings. The third-order valence-corrected chi connectivity index (χ3v) is 3.44. The van der Waals surface area contributed by atoms with E-state index in [9.17, 15) is 0 Å². The Hall–Kier alpha value is -1.11. The van der Waals surface area contributed by atoms with Crippen molar-refractivity contribution in [2.24, 2.45) is 5.73 Å². The van der Waals surface area contributed by atoms with Gasteiger partial charge < -0.3 is 10.5 Å². The highest BCUT2D eigenvalue weighted by molar-refractivity contribution is 7.98. The van der Waals surface area contributed by atoms with Crippen LogP contribution in [0.25, 0.3) is 0 Å². The fourth-order valence-electron chi connectivity index (χ4n) is 1.42. The van der Waals surface area contributed by atoms with Crippen molar-refractivity contribution in [2.45, 2.75) is 19.1 Å². The third kappa shape index (κ3) is 4.72. The molecule has 0 aliphatic heterocycles.